The van der Waals surface area contributed by atoms with Crippen LogP contribution in [0.2, 0.25) is 10.0 Å². The van der Waals surface area contributed by atoms with Crippen LogP contribution in [0.25, 0.3) is 22.3 Å². The van der Waals surface area contributed by atoms with Crippen LogP contribution >= 0.6 is 23.2 Å². The van der Waals surface area contributed by atoms with E-state index in [2.05, 4.69) is 0 Å². The van der Waals surface area contributed by atoms with E-state index in [9.17, 15) is 9.90 Å². The van der Waals surface area contributed by atoms with Gasteiger partial charge < -0.3 is 5.11 Å². The molecule has 4 nitrogen and oxygen atoms in total. The van der Waals surface area contributed by atoms with Crippen LogP contribution in [0, 0.1) is 0 Å². The van der Waals surface area contributed by atoms with Crippen LogP contribution < -0.4 is 5.56 Å². The predicted octanol–water partition coefficient (Wildman–Crippen LogP) is 4.79. The van der Waals surface area contributed by atoms with E-state index in [-0.39, 0.29) is 17.0 Å². The number of halogens is 2. The molecule has 4 rings (SSSR count). The summed E-state index contributed by atoms with van der Waals surface area (Å²) in [6.07, 6.45) is 1.88. The largest absolute Gasteiger partial charge is 0.493 e. The molecule has 1 aromatic heterocycles. The van der Waals surface area contributed by atoms with Crippen molar-refractivity contribution in [3.63, 3.8) is 0 Å². The summed E-state index contributed by atoms with van der Waals surface area (Å²) in [5, 5.41) is 11.7. The summed E-state index contributed by atoms with van der Waals surface area (Å²) in [4.78, 5) is 12.8. The SMILES string of the molecule is O=c1c(-c2cc(-c3ccc(Cl)cc3)ccc2Cl)c(O)n2n1CCCC2. The molecule has 1 N–H and O–H groups in total. The number of aromatic hydroxyl groups is 1. The van der Waals surface area contributed by atoms with Crippen molar-refractivity contribution >= 4 is 23.2 Å². The summed E-state index contributed by atoms with van der Waals surface area (Å²) in [6, 6.07) is 12.9. The van der Waals surface area contributed by atoms with Crippen molar-refractivity contribution in [1.29, 1.82) is 0 Å². The molecule has 25 heavy (non-hydrogen) atoms. The topological polar surface area (TPSA) is 47.2 Å². The third kappa shape index (κ3) is 2.75. The van der Waals surface area contributed by atoms with Gasteiger partial charge in [0, 0.05) is 28.7 Å². The first-order chi connectivity index (χ1) is 12.1. The fraction of sp³-hybridized carbons (Fsp3) is 0.211. The van der Waals surface area contributed by atoms with Crippen molar-refractivity contribution in [3.8, 4) is 28.1 Å². The second kappa shape index (κ2) is 6.28. The van der Waals surface area contributed by atoms with Gasteiger partial charge in [-0.25, -0.2) is 4.68 Å². The van der Waals surface area contributed by atoms with Crippen LogP contribution in [0.4, 0.5) is 0 Å². The first-order valence-electron chi connectivity index (χ1n) is 8.14. The molecule has 0 bridgehead atoms. The molecule has 0 fully saturated rings. The van der Waals surface area contributed by atoms with Crippen LogP contribution in [0.3, 0.4) is 0 Å². The lowest BCUT2D eigenvalue weighted by atomic mass is 10.0. The predicted molar refractivity (Wildman–Crippen MR) is 100 cm³/mol. The normalized spacial score (nSPS) is 13.7. The van der Waals surface area contributed by atoms with Gasteiger partial charge in [-0.2, -0.15) is 0 Å². The molecule has 0 radical (unpaired) electrons. The highest BCUT2D eigenvalue weighted by Crippen LogP contribution is 2.36. The van der Waals surface area contributed by atoms with Crippen molar-refractivity contribution in [3.05, 3.63) is 62.9 Å². The van der Waals surface area contributed by atoms with Crippen molar-refractivity contribution < 1.29 is 5.11 Å². The lowest BCUT2D eigenvalue weighted by Crippen LogP contribution is -2.27. The van der Waals surface area contributed by atoms with Crippen molar-refractivity contribution in [2.24, 2.45) is 0 Å². The average molecular weight is 375 g/mol. The molecule has 0 atom stereocenters. The van der Waals surface area contributed by atoms with E-state index in [1.807, 2.05) is 36.4 Å². The number of nitrogens with zero attached hydrogens (tertiary/aromatic N) is 2. The van der Waals surface area contributed by atoms with Gasteiger partial charge in [0.05, 0.1) is 0 Å². The molecular formula is C19H16Cl2N2O2. The molecule has 0 amide bonds. The Hall–Kier alpha value is -2.17. The molecule has 3 aromatic rings. The molecule has 0 spiro atoms. The zero-order chi connectivity index (χ0) is 17.6. The van der Waals surface area contributed by atoms with E-state index in [0.717, 1.165) is 24.0 Å². The standard InChI is InChI=1S/C19H16Cl2N2O2/c20-14-6-3-12(4-7-14)13-5-8-16(21)15(11-13)17-18(24)22-9-1-2-10-23(22)19(17)25/h3-8,11,24H,1-2,9-10H2. The molecule has 128 valence electrons. The highest BCUT2D eigenvalue weighted by molar-refractivity contribution is 6.33. The molecule has 6 heteroatoms. The Balaban J connectivity index is 1.89. The van der Waals surface area contributed by atoms with Crippen LogP contribution in [0.5, 0.6) is 5.88 Å². The van der Waals surface area contributed by atoms with E-state index in [1.54, 1.807) is 15.4 Å². The highest BCUT2D eigenvalue weighted by atomic mass is 35.5. The fourth-order valence-corrected chi connectivity index (χ4v) is 3.66. The number of rotatable bonds is 2. The summed E-state index contributed by atoms with van der Waals surface area (Å²) >= 11 is 12.3. The summed E-state index contributed by atoms with van der Waals surface area (Å²) < 4.78 is 3.24. The number of aromatic nitrogens is 2. The molecular weight excluding hydrogens is 359 g/mol. The summed E-state index contributed by atoms with van der Waals surface area (Å²) in [5.74, 6) is -0.0140. The molecule has 0 saturated carbocycles. The molecule has 0 saturated heterocycles. The van der Waals surface area contributed by atoms with Gasteiger partial charge in [0.15, 0.2) is 0 Å². The molecule has 2 heterocycles. The second-order valence-electron chi connectivity index (χ2n) is 6.16. The Labute approximate surface area is 154 Å². The van der Waals surface area contributed by atoms with E-state index < -0.39 is 0 Å². The van der Waals surface area contributed by atoms with Gasteiger partial charge in [0.25, 0.3) is 5.56 Å². The Kier molecular flexibility index (Phi) is 4.10. The minimum Gasteiger partial charge on any atom is -0.493 e. The smallest absolute Gasteiger partial charge is 0.278 e. The monoisotopic (exact) mass is 374 g/mol. The minimum atomic E-state index is -0.202. The van der Waals surface area contributed by atoms with Crippen molar-refractivity contribution in [2.45, 2.75) is 25.9 Å². The van der Waals surface area contributed by atoms with Gasteiger partial charge >= 0.3 is 0 Å². The summed E-state index contributed by atoms with van der Waals surface area (Å²) in [6.45, 7) is 1.25. The average Bonchev–Trinajstić information content (AvgIpc) is 2.88. The lowest BCUT2D eigenvalue weighted by Gasteiger charge is -2.16. The quantitative estimate of drug-likeness (QED) is 0.700. The summed E-state index contributed by atoms with van der Waals surface area (Å²) in [5.41, 5.74) is 2.48. The van der Waals surface area contributed by atoms with E-state index in [4.69, 9.17) is 23.2 Å². The van der Waals surface area contributed by atoms with Gasteiger partial charge in [-0.3, -0.25) is 9.48 Å². The zero-order valence-electron chi connectivity index (χ0n) is 13.4. The molecule has 0 unspecified atom stereocenters. The first-order valence-corrected chi connectivity index (χ1v) is 8.90. The number of fused-ring (bicyclic) bond motifs is 1. The first kappa shape index (κ1) is 16.3. The van der Waals surface area contributed by atoms with E-state index in [1.165, 1.54) is 0 Å². The number of benzene rings is 2. The van der Waals surface area contributed by atoms with Crippen LogP contribution in [-0.2, 0) is 13.1 Å². The molecule has 0 aliphatic carbocycles. The zero-order valence-corrected chi connectivity index (χ0v) is 14.9. The Morgan fingerprint density at radius 2 is 1.52 bits per heavy atom. The van der Waals surface area contributed by atoms with Crippen molar-refractivity contribution in [1.82, 2.24) is 9.36 Å². The van der Waals surface area contributed by atoms with E-state index >= 15 is 0 Å². The van der Waals surface area contributed by atoms with Crippen LogP contribution in [0.1, 0.15) is 12.8 Å². The van der Waals surface area contributed by atoms with Gasteiger partial charge in [-0.15, -0.1) is 0 Å². The summed E-state index contributed by atoms with van der Waals surface area (Å²) in [7, 11) is 0. The van der Waals surface area contributed by atoms with Gasteiger partial charge in [-0.05, 0) is 48.2 Å². The third-order valence-corrected chi connectivity index (χ3v) is 5.19. The Morgan fingerprint density at radius 3 is 2.20 bits per heavy atom. The van der Waals surface area contributed by atoms with Gasteiger partial charge in [0.2, 0.25) is 5.88 Å². The molecule has 1 aliphatic rings. The maximum absolute atomic E-state index is 12.8. The number of hydrogen-bond acceptors (Lipinski definition) is 2. The van der Waals surface area contributed by atoms with E-state index in [0.29, 0.717) is 28.7 Å². The lowest BCUT2D eigenvalue weighted by molar-refractivity contribution is 0.305. The Morgan fingerprint density at radius 1 is 0.880 bits per heavy atom. The van der Waals surface area contributed by atoms with Crippen LogP contribution in [-0.4, -0.2) is 14.5 Å². The molecule has 1 aliphatic heterocycles. The maximum Gasteiger partial charge on any atom is 0.278 e. The molecule has 2 aromatic carbocycles. The second-order valence-corrected chi connectivity index (χ2v) is 7.00. The van der Waals surface area contributed by atoms with Gasteiger partial charge in [-0.1, -0.05) is 41.4 Å². The number of hydrogen-bond donors (Lipinski definition) is 1. The minimum absolute atomic E-state index is 0.0140. The van der Waals surface area contributed by atoms with Crippen LogP contribution in [0.15, 0.2) is 47.3 Å². The van der Waals surface area contributed by atoms with Crippen molar-refractivity contribution in [2.75, 3.05) is 0 Å². The Bertz CT molecular complexity index is 1000. The third-order valence-electron chi connectivity index (χ3n) is 4.61. The fourth-order valence-electron chi connectivity index (χ4n) is 3.32. The van der Waals surface area contributed by atoms with Gasteiger partial charge in [0.1, 0.15) is 5.56 Å². The highest BCUT2D eigenvalue weighted by Gasteiger charge is 2.24. The maximum atomic E-state index is 12.8.